The van der Waals surface area contributed by atoms with Gasteiger partial charge in [0.2, 0.25) is 0 Å². The second-order valence-electron chi connectivity index (χ2n) is 7.90. The molecule has 0 atom stereocenters. The SMILES string of the molecule is Cc1ccc(-c2nc3cc(C)c(Br)c(C)n3c2CC2CCCCC2)cc1. The molecule has 0 amide bonds. The van der Waals surface area contributed by atoms with Crippen molar-refractivity contribution in [2.45, 2.75) is 59.3 Å². The Bertz CT molecular complexity index is 931. The van der Waals surface area contributed by atoms with Gasteiger partial charge in [-0.1, -0.05) is 61.9 Å². The molecule has 2 heterocycles. The number of halogens is 1. The van der Waals surface area contributed by atoms with Crippen molar-refractivity contribution in [1.82, 2.24) is 9.38 Å². The minimum atomic E-state index is 0.785. The molecule has 0 N–H and O–H groups in total. The van der Waals surface area contributed by atoms with E-state index < -0.39 is 0 Å². The first-order valence-corrected chi connectivity index (χ1v) is 10.6. The molecule has 1 aliphatic rings. The van der Waals surface area contributed by atoms with Crippen molar-refractivity contribution in [3.05, 3.63) is 57.3 Å². The first kappa shape index (κ1) is 17.8. The summed E-state index contributed by atoms with van der Waals surface area (Å²) in [5.74, 6) is 0.785. The van der Waals surface area contributed by atoms with Gasteiger partial charge in [0.25, 0.3) is 0 Å². The van der Waals surface area contributed by atoms with E-state index in [-0.39, 0.29) is 0 Å². The molecular formula is C23H27BrN2. The highest BCUT2D eigenvalue weighted by Crippen LogP contribution is 2.34. The van der Waals surface area contributed by atoms with Crippen molar-refractivity contribution in [2.75, 3.05) is 0 Å². The number of aryl methyl sites for hydroxylation is 3. The van der Waals surface area contributed by atoms with E-state index in [2.05, 4.69) is 71.4 Å². The third kappa shape index (κ3) is 3.22. The van der Waals surface area contributed by atoms with E-state index in [1.54, 1.807) is 0 Å². The zero-order valence-electron chi connectivity index (χ0n) is 16.0. The maximum Gasteiger partial charge on any atom is 0.138 e. The van der Waals surface area contributed by atoms with Crippen molar-refractivity contribution in [1.29, 1.82) is 0 Å². The van der Waals surface area contributed by atoms with Crippen LogP contribution >= 0.6 is 15.9 Å². The first-order chi connectivity index (χ1) is 12.5. The van der Waals surface area contributed by atoms with E-state index in [0.717, 1.165) is 23.7 Å². The number of benzene rings is 1. The van der Waals surface area contributed by atoms with Gasteiger partial charge >= 0.3 is 0 Å². The predicted octanol–water partition coefficient (Wildman–Crippen LogP) is 6.81. The van der Waals surface area contributed by atoms with E-state index in [1.807, 2.05) is 0 Å². The van der Waals surface area contributed by atoms with Crippen LogP contribution in [0.15, 0.2) is 34.8 Å². The van der Waals surface area contributed by atoms with Gasteiger partial charge in [-0.15, -0.1) is 0 Å². The second kappa shape index (κ2) is 7.19. The molecule has 2 aromatic heterocycles. The summed E-state index contributed by atoms with van der Waals surface area (Å²) in [6, 6.07) is 11.0. The molecule has 0 saturated heterocycles. The van der Waals surface area contributed by atoms with Gasteiger partial charge in [-0.3, -0.25) is 4.40 Å². The Morgan fingerprint density at radius 3 is 2.42 bits per heavy atom. The standard InChI is InChI=1S/C23H27BrN2/c1-15-9-11-19(12-10-15)23-20(14-18-7-5-4-6-8-18)26-17(3)22(24)16(2)13-21(26)25-23/h9-13,18H,4-8,14H2,1-3H3. The van der Waals surface area contributed by atoms with Gasteiger partial charge in [0, 0.05) is 15.7 Å². The minimum absolute atomic E-state index is 0.785. The van der Waals surface area contributed by atoms with Crippen molar-refractivity contribution < 1.29 is 0 Å². The normalized spacial score (nSPS) is 15.7. The fourth-order valence-electron chi connectivity index (χ4n) is 4.38. The molecule has 3 aromatic rings. The smallest absolute Gasteiger partial charge is 0.138 e. The van der Waals surface area contributed by atoms with E-state index in [4.69, 9.17) is 4.98 Å². The first-order valence-electron chi connectivity index (χ1n) is 9.78. The Morgan fingerprint density at radius 1 is 1.04 bits per heavy atom. The molecular weight excluding hydrogens is 384 g/mol. The molecule has 1 aliphatic carbocycles. The number of hydrogen-bond donors (Lipinski definition) is 0. The average molecular weight is 411 g/mol. The Kier molecular flexibility index (Phi) is 4.92. The van der Waals surface area contributed by atoms with Crippen LogP contribution in [-0.2, 0) is 6.42 Å². The number of nitrogens with zero attached hydrogens (tertiary/aromatic N) is 2. The molecule has 4 rings (SSSR count). The second-order valence-corrected chi connectivity index (χ2v) is 8.69. The summed E-state index contributed by atoms with van der Waals surface area (Å²) < 4.78 is 3.59. The highest BCUT2D eigenvalue weighted by atomic mass is 79.9. The zero-order chi connectivity index (χ0) is 18.3. The minimum Gasteiger partial charge on any atom is -0.300 e. The Morgan fingerprint density at radius 2 is 1.73 bits per heavy atom. The van der Waals surface area contributed by atoms with Gasteiger partial charge in [0.15, 0.2) is 0 Å². The number of imidazole rings is 1. The molecule has 0 spiro atoms. The van der Waals surface area contributed by atoms with Gasteiger partial charge in [-0.05, 0) is 60.7 Å². The lowest BCUT2D eigenvalue weighted by atomic mass is 9.85. The lowest BCUT2D eigenvalue weighted by Crippen LogP contribution is -2.12. The van der Waals surface area contributed by atoms with E-state index in [0.29, 0.717) is 0 Å². The molecule has 0 aliphatic heterocycles. The molecule has 2 nitrogen and oxygen atoms in total. The maximum absolute atomic E-state index is 5.08. The van der Waals surface area contributed by atoms with Crippen molar-refractivity contribution in [3.63, 3.8) is 0 Å². The number of pyridine rings is 1. The van der Waals surface area contributed by atoms with Crippen LogP contribution in [0.1, 0.15) is 54.6 Å². The van der Waals surface area contributed by atoms with E-state index in [1.165, 1.54) is 64.7 Å². The van der Waals surface area contributed by atoms with Crippen LogP contribution in [0.4, 0.5) is 0 Å². The summed E-state index contributed by atoms with van der Waals surface area (Å²) >= 11 is 3.79. The van der Waals surface area contributed by atoms with Crippen LogP contribution in [0.3, 0.4) is 0 Å². The highest BCUT2D eigenvalue weighted by Gasteiger charge is 2.22. The number of hydrogen-bond acceptors (Lipinski definition) is 1. The third-order valence-electron chi connectivity index (χ3n) is 5.88. The van der Waals surface area contributed by atoms with Crippen LogP contribution in [0.2, 0.25) is 0 Å². The molecule has 1 aromatic carbocycles. The van der Waals surface area contributed by atoms with E-state index in [9.17, 15) is 0 Å². The molecule has 0 radical (unpaired) electrons. The fraction of sp³-hybridized carbons (Fsp3) is 0.435. The summed E-state index contributed by atoms with van der Waals surface area (Å²) in [7, 11) is 0. The van der Waals surface area contributed by atoms with Gasteiger partial charge < -0.3 is 0 Å². The summed E-state index contributed by atoms with van der Waals surface area (Å²) in [6.07, 6.45) is 7.99. The zero-order valence-corrected chi connectivity index (χ0v) is 17.6. The molecule has 0 unspecified atom stereocenters. The van der Waals surface area contributed by atoms with Crippen molar-refractivity contribution in [2.24, 2.45) is 5.92 Å². The van der Waals surface area contributed by atoms with Gasteiger partial charge in [0.1, 0.15) is 5.65 Å². The largest absolute Gasteiger partial charge is 0.300 e. The number of rotatable bonds is 3. The molecule has 26 heavy (non-hydrogen) atoms. The monoisotopic (exact) mass is 410 g/mol. The quantitative estimate of drug-likeness (QED) is 0.463. The van der Waals surface area contributed by atoms with E-state index >= 15 is 0 Å². The fourth-order valence-corrected chi connectivity index (χ4v) is 4.67. The van der Waals surface area contributed by atoms with Crippen LogP contribution in [0.25, 0.3) is 16.9 Å². The summed E-state index contributed by atoms with van der Waals surface area (Å²) in [6.45, 7) is 6.49. The molecule has 0 bridgehead atoms. The average Bonchev–Trinajstić information content (AvgIpc) is 2.99. The van der Waals surface area contributed by atoms with Gasteiger partial charge in [-0.25, -0.2) is 4.98 Å². The Labute approximate surface area is 164 Å². The lowest BCUT2D eigenvalue weighted by molar-refractivity contribution is 0.354. The predicted molar refractivity (Wildman–Crippen MR) is 113 cm³/mol. The molecule has 1 fully saturated rings. The van der Waals surface area contributed by atoms with Crippen LogP contribution in [0, 0.1) is 26.7 Å². The summed E-state index contributed by atoms with van der Waals surface area (Å²) in [5.41, 5.74) is 8.66. The Balaban J connectivity index is 1.90. The maximum atomic E-state index is 5.08. The van der Waals surface area contributed by atoms with Crippen LogP contribution in [-0.4, -0.2) is 9.38 Å². The highest BCUT2D eigenvalue weighted by molar-refractivity contribution is 9.10. The van der Waals surface area contributed by atoms with Crippen LogP contribution in [0.5, 0.6) is 0 Å². The van der Waals surface area contributed by atoms with Gasteiger partial charge in [-0.2, -0.15) is 0 Å². The number of aromatic nitrogens is 2. The van der Waals surface area contributed by atoms with Crippen LogP contribution < -0.4 is 0 Å². The number of fused-ring (bicyclic) bond motifs is 1. The topological polar surface area (TPSA) is 17.3 Å². The molecule has 136 valence electrons. The summed E-state index contributed by atoms with van der Waals surface area (Å²) in [5, 5.41) is 0. The molecule has 1 saturated carbocycles. The Hall–Kier alpha value is -1.61. The van der Waals surface area contributed by atoms with Crippen molar-refractivity contribution in [3.8, 4) is 11.3 Å². The van der Waals surface area contributed by atoms with Gasteiger partial charge in [0.05, 0.1) is 11.4 Å². The lowest BCUT2D eigenvalue weighted by Gasteiger charge is -2.22. The van der Waals surface area contributed by atoms with Crippen molar-refractivity contribution >= 4 is 21.6 Å². The summed E-state index contributed by atoms with van der Waals surface area (Å²) in [4.78, 5) is 5.08. The third-order valence-corrected chi connectivity index (χ3v) is 7.07. The molecule has 3 heteroatoms.